The molecule has 1 amide bonds. The molecule has 0 radical (unpaired) electrons. The minimum atomic E-state index is -1.02. The second kappa shape index (κ2) is 5.48. The molecule has 1 aromatic heterocycles. The molecule has 0 saturated carbocycles. The van der Waals surface area contributed by atoms with Gasteiger partial charge in [0, 0.05) is 20.1 Å². The van der Waals surface area contributed by atoms with Crippen molar-refractivity contribution in [3.8, 4) is 0 Å². The van der Waals surface area contributed by atoms with E-state index in [0.717, 1.165) is 5.56 Å². The highest BCUT2D eigenvalue weighted by atomic mass is 35.5. The zero-order valence-corrected chi connectivity index (χ0v) is 12.1. The maximum atomic E-state index is 12.4. The van der Waals surface area contributed by atoms with Gasteiger partial charge in [-0.3, -0.25) is 4.79 Å². The number of carboxylic acid groups (broad SMARTS) is 1. The van der Waals surface area contributed by atoms with Crippen LogP contribution in [0.5, 0.6) is 0 Å². The Kier molecular flexibility index (Phi) is 4.13. The number of hydrogen-bond donors (Lipinski definition) is 1. The molecular formula is C12H14ClNO4S. The van der Waals surface area contributed by atoms with Crippen molar-refractivity contribution in [3.05, 3.63) is 20.8 Å². The third kappa shape index (κ3) is 2.61. The fourth-order valence-corrected chi connectivity index (χ4v) is 3.36. The van der Waals surface area contributed by atoms with Crippen molar-refractivity contribution in [3.63, 3.8) is 0 Å². The van der Waals surface area contributed by atoms with Crippen molar-refractivity contribution in [2.45, 2.75) is 25.5 Å². The van der Waals surface area contributed by atoms with Gasteiger partial charge < -0.3 is 14.7 Å². The van der Waals surface area contributed by atoms with Gasteiger partial charge in [0.15, 0.2) is 0 Å². The lowest BCUT2D eigenvalue weighted by Gasteiger charge is -2.20. The summed E-state index contributed by atoms with van der Waals surface area (Å²) in [4.78, 5) is 25.3. The second-order valence-electron chi connectivity index (χ2n) is 4.47. The molecule has 104 valence electrons. The van der Waals surface area contributed by atoms with E-state index in [9.17, 15) is 14.7 Å². The SMILES string of the molecule is COC1CC(C(=O)O)N(C(=O)c2scc(C)c2Cl)C1. The van der Waals surface area contributed by atoms with Crippen molar-refractivity contribution >= 4 is 34.8 Å². The summed E-state index contributed by atoms with van der Waals surface area (Å²) in [6, 6.07) is -0.851. The average molecular weight is 304 g/mol. The summed E-state index contributed by atoms with van der Waals surface area (Å²) in [5.74, 6) is -1.35. The van der Waals surface area contributed by atoms with Crippen LogP contribution in [0.25, 0.3) is 0 Å². The molecular weight excluding hydrogens is 290 g/mol. The summed E-state index contributed by atoms with van der Waals surface area (Å²) in [5, 5.41) is 11.4. The molecule has 0 aliphatic carbocycles. The molecule has 7 heteroatoms. The van der Waals surface area contributed by atoms with E-state index in [1.165, 1.54) is 23.3 Å². The summed E-state index contributed by atoms with van der Waals surface area (Å²) < 4.78 is 5.16. The first kappa shape index (κ1) is 14.3. The van der Waals surface area contributed by atoms with Crippen molar-refractivity contribution in [1.29, 1.82) is 0 Å². The molecule has 5 nitrogen and oxygen atoms in total. The number of aliphatic carboxylic acids is 1. The van der Waals surface area contributed by atoms with Crippen LogP contribution in [0, 0.1) is 6.92 Å². The highest BCUT2D eigenvalue weighted by Gasteiger charge is 2.41. The number of carboxylic acids is 1. The summed E-state index contributed by atoms with van der Waals surface area (Å²) in [6.45, 7) is 2.09. The molecule has 19 heavy (non-hydrogen) atoms. The molecule has 2 unspecified atom stereocenters. The van der Waals surface area contributed by atoms with Gasteiger partial charge in [-0.2, -0.15) is 0 Å². The van der Waals surface area contributed by atoms with Gasteiger partial charge in [0.2, 0.25) is 0 Å². The number of methoxy groups -OCH3 is 1. The highest BCUT2D eigenvalue weighted by molar-refractivity contribution is 7.13. The minimum Gasteiger partial charge on any atom is -0.480 e. The number of ether oxygens (including phenoxy) is 1. The van der Waals surface area contributed by atoms with E-state index in [0.29, 0.717) is 16.3 Å². The Balaban J connectivity index is 2.26. The molecule has 0 aromatic carbocycles. The molecule has 2 heterocycles. The molecule has 1 fully saturated rings. The van der Waals surface area contributed by atoms with E-state index in [1.54, 1.807) is 5.38 Å². The molecule has 0 spiro atoms. The Labute approximate surface area is 119 Å². The molecule has 2 atom stereocenters. The Morgan fingerprint density at radius 3 is 2.74 bits per heavy atom. The maximum absolute atomic E-state index is 12.4. The molecule has 1 N–H and O–H groups in total. The summed E-state index contributed by atoms with van der Waals surface area (Å²) in [5.41, 5.74) is 0.824. The number of nitrogens with zero attached hydrogens (tertiary/aromatic N) is 1. The van der Waals surface area contributed by atoms with Crippen LogP contribution in [0.4, 0.5) is 0 Å². The van der Waals surface area contributed by atoms with Crippen LogP contribution in [-0.4, -0.2) is 47.7 Å². The topological polar surface area (TPSA) is 66.8 Å². The Morgan fingerprint density at radius 1 is 1.58 bits per heavy atom. The summed E-state index contributed by atoms with van der Waals surface area (Å²) >= 11 is 7.30. The van der Waals surface area contributed by atoms with Crippen molar-refractivity contribution < 1.29 is 19.4 Å². The zero-order chi connectivity index (χ0) is 14.2. The van der Waals surface area contributed by atoms with Gasteiger partial charge in [-0.25, -0.2) is 4.79 Å². The Morgan fingerprint density at radius 2 is 2.26 bits per heavy atom. The standard InChI is InChI=1S/C12H14ClNO4S/c1-6-5-19-10(9(6)13)11(15)14-4-7(18-2)3-8(14)12(16)17/h5,7-8H,3-4H2,1-2H3,(H,16,17). The lowest BCUT2D eigenvalue weighted by Crippen LogP contribution is -2.40. The number of carbonyl (C=O) groups excluding carboxylic acids is 1. The second-order valence-corrected chi connectivity index (χ2v) is 5.72. The van der Waals surface area contributed by atoms with E-state index >= 15 is 0 Å². The van der Waals surface area contributed by atoms with Gasteiger partial charge in [0.1, 0.15) is 10.9 Å². The van der Waals surface area contributed by atoms with E-state index in [-0.39, 0.29) is 18.6 Å². The van der Waals surface area contributed by atoms with Gasteiger partial charge >= 0.3 is 5.97 Å². The summed E-state index contributed by atoms with van der Waals surface area (Å²) in [6.07, 6.45) is 0.0596. The predicted molar refractivity (Wildman–Crippen MR) is 71.9 cm³/mol. The number of aryl methyl sites for hydroxylation is 1. The normalized spacial score (nSPS) is 22.8. The molecule has 0 bridgehead atoms. The Hall–Kier alpha value is -1.11. The van der Waals surface area contributed by atoms with Crippen LogP contribution in [0.3, 0.4) is 0 Å². The predicted octanol–water partition coefficient (Wildman–Crippen LogP) is 2.02. The minimum absolute atomic E-state index is 0.245. The largest absolute Gasteiger partial charge is 0.480 e. The molecule has 1 aliphatic rings. The number of halogens is 1. The molecule has 1 aromatic rings. The smallest absolute Gasteiger partial charge is 0.326 e. The third-order valence-corrected chi connectivity index (χ3v) is 4.92. The highest BCUT2D eigenvalue weighted by Crippen LogP contribution is 2.31. The molecule has 1 aliphatic heterocycles. The third-order valence-electron chi connectivity index (χ3n) is 3.24. The van der Waals surface area contributed by atoms with Crippen LogP contribution in [0.2, 0.25) is 5.02 Å². The average Bonchev–Trinajstić information content (AvgIpc) is 2.94. The quantitative estimate of drug-likeness (QED) is 0.928. The number of amides is 1. The lowest BCUT2D eigenvalue weighted by molar-refractivity contribution is -0.141. The van der Waals surface area contributed by atoms with E-state index in [2.05, 4.69) is 0 Å². The zero-order valence-electron chi connectivity index (χ0n) is 10.6. The van der Waals surface area contributed by atoms with Gasteiger partial charge in [-0.05, 0) is 17.9 Å². The first-order chi connectivity index (χ1) is 8.95. The number of likely N-dealkylation sites (tertiary alicyclic amines) is 1. The first-order valence-electron chi connectivity index (χ1n) is 5.75. The fourth-order valence-electron chi connectivity index (χ4n) is 2.13. The van der Waals surface area contributed by atoms with Crippen molar-refractivity contribution in [2.24, 2.45) is 0 Å². The van der Waals surface area contributed by atoms with Crippen molar-refractivity contribution in [2.75, 3.05) is 13.7 Å². The molecule has 1 saturated heterocycles. The van der Waals surface area contributed by atoms with Gasteiger partial charge in [-0.15, -0.1) is 11.3 Å². The van der Waals surface area contributed by atoms with Gasteiger partial charge in [0.05, 0.1) is 11.1 Å². The van der Waals surface area contributed by atoms with E-state index < -0.39 is 12.0 Å². The number of carbonyl (C=O) groups is 2. The van der Waals surface area contributed by atoms with Crippen LogP contribution < -0.4 is 0 Å². The van der Waals surface area contributed by atoms with Crippen LogP contribution in [-0.2, 0) is 9.53 Å². The van der Waals surface area contributed by atoms with Crippen LogP contribution in [0.15, 0.2) is 5.38 Å². The fraction of sp³-hybridized carbons (Fsp3) is 0.500. The van der Waals surface area contributed by atoms with E-state index in [4.69, 9.17) is 16.3 Å². The van der Waals surface area contributed by atoms with Crippen LogP contribution >= 0.6 is 22.9 Å². The van der Waals surface area contributed by atoms with E-state index in [1.807, 2.05) is 6.92 Å². The summed E-state index contributed by atoms with van der Waals surface area (Å²) in [7, 11) is 1.51. The molecule has 2 rings (SSSR count). The Bertz CT molecular complexity index is 516. The number of thiophene rings is 1. The monoisotopic (exact) mass is 303 g/mol. The first-order valence-corrected chi connectivity index (χ1v) is 7.01. The lowest BCUT2D eigenvalue weighted by atomic mass is 10.2. The number of hydrogen-bond acceptors (Lipinski definition) is 4. The van der Waals surface area contributed by atoms with Crippen molar-refractivity contribution in [1.82, 2.24) is 4.90 Å². The van der Waals surface area contributed by atoms with Gasteiger partial charge in [-0.1, -0.05) is 11.6 Å². The van der Waals surface area contributed by atoms with Gasteiger partial charge in [0.25, 0.3) is 5.91 Å². The number of rotatable bonds is 3. The van der Waals surface area contributed by atoms with Crippen LogP contribution in [0.1, 0.15) is 21.7 Å². The maximum Gasteiger partial charge on any atom is 0.326 e.